The zero-order chi connectivity index (χ0) is 12.3. The van der Waals surface area contributed by atoms with Gasteiger partial charge in [-0.25, -0.2) is 0 Å². The monoisotopic (exact) mass is 220 g/mol. The number of methoxy groups -OCH3 is 2. The second kappa shape index (κ2) is 9.45. The van der Waals surface area contributed by atoms with Crippen molar-refractivity contribution in [3.8, 4) is 0 Å². The van der Waals surface area contributed by atoms with Crippen molar-refractivity contribution in [2.24, 2.45) is 0 Å². The highest BCUT2D eigenvalue weighted by atomic mass is 16.5. The Morgan fingerprint density at radius 3 is 2.07 bits per heavy atom. The zero-order valence-corrected chi connectivity index (χ0v) is 10.0. The van der Waals surface area contributed by atoms with E-state index in [4.69, 9.17) is 14.3 Å². The van der Waals surface area contributed by atoms with Gasteiger partial charge in [0.1, 0.15) is 0 Å². The van der Waals surface area contributed by atoms with Crippen LogP contribution in [0, 0.1) is 0 Å². The van der Waals surface area contributed by atoms with Crippen LogP contribution in [-0.2, 0) is 23.8 Å². The Kier molecular flexibility index (Phi) is 10.3. The first-order chi connectivity index (χ1) is 6.89. The van der Waals surface area contributed by atoms with E-state index in [1.807, 2.05) is 13.8 Å². The third kappa shape index (κ3) is 15.6. The molecule has 15 heavy (non-hydrogen) atoms. The quantitative estimate of drug-likeness (QED) is 0.514. The molecule has 0 radical (unpaired) electrons. The number of esters is 1. The predicted octanol–water partition coefficient (Wildman–Crippen LogP) is 1.15. The van der Waals surface area contributed by atoms with Crippen LogP contribution < -0.4 is 0 Å². The molecule has 0 N–H and O–H groups in total. The van der Waals surface area contributed by atoms with Crippen molar-refractivity contribution < 1.29 is 23.8 Å². The molecule has 0 fully saturated rings. The lowest BCUT2D eigenvalue weighted by molar-refractivity contribution is -0.142. The minimum absolute atomic E-state index is 0.199. The van der Waals surface area contributed by atoms with Crippen LogP contribution in [0.15, 0.2) is 0 Å². The number of rotatable bonds is 5. The van der Waals surface area contributed by atoms with Gasteiger partial charge in [-0.1, -0.05) is 0 Å². The Balaban J connectivity index is 0. The van der Waals surface area contributed by atoms with Crippen molar-refractivity contribution in [2.45, 2.75) is 32.8 Å². The number of ether oxygens (including phenoxy) is 3. The summed E-state index contributed by atoms with van der Waals surface area (Å²) in [6.45, 7) is 6.11. The predicted molar refractivity (Wildman–Crippen MR) is 55.4 cm³/mol. The van der Waals surface area contributed by atoms with Crippen LogP contribution in [-0.4, -0.2) is 38.9 Å². The summed E-state index contributed by atoms with van der Waals surface area (Å²) in [6.07, 6.45) is 0.725. The maximum atomic E-state index is 10.4. The van der Waals surface area contributed by atoms with Crippen LogP contribution >= 0.6 is 0 Å². The van der Waals surface area contributed by atoms with Crippen LogP contribution in [0.4, 0.5) is 0 Å². The van der Waals surface area contributed by atoms with Gasteiger partial charge in [-0.2, -0.15) is 0 Å². The maximum absolute atomic E-state index is 10.4. The van der Waals surface area contributed by atoms with Gasteiger partial charge in [-0.15, -0.1) is 0 Å². The van der Waals surface area contributed by atoms with Crippen LogP contribution in [0.25, 0.3) is 0 Å². The third-order valence-electron chi connectivity index (χ3n) is 1.66. The first-order valence-corrected chi connectivity index (χ1v) is 4.54. The Morgan fingerprint density at radius 2 is 1.80 bits per heavy atom. The van der Waals surface area contributed by atoms with E-state index in [0.29, 0.717) is 13.1 Å². The highest BCUT2D eigenvalue weighted by Gasteiger charge is 2.15. The molecule has 0 aromatic rings. The summed E-state index contributed by atoms with van der Waals surface area (Å²) in [6, 6.07) is 0. The van der Waals surface area contributed by atoms with E-state index in [2.05, 4.69) is 4.74 Å². The minimum Gasteiger partial charge on any atom is -0.471 e. The highest BCUT2D eigenvalue weighted by molar-refractivity contribution is 5.65. The smallest absolute Gasteiger partial charge is 0.302 e. The van der Waals surface area contributed by atoms with Gasteiger partial charge in [0.05, 0.1) is 19.3 Å². The van der Waals surface area contributed by atoms with Gasteiger partial charge < -0.3 is 14.2 Å². The molecule has 5 heteroatoms. The lowest BCUT2D eigenvalue weighted by Gasteiger charge is -2.21. The molecule has 90 valence electrons. The minimum atomic E-state index is -0.239. The van der Waals surface area contributed by atoms with E-state index in [-0.39, 0.29) is 11.6 Å². The number of hydrogen-bond donors (Lipinski definition) is 0. The lowest BCUT2D eigenvalue weighted by atomic mass is 10.1. The summed E-state index contributed by atoms with van der Waals surface area (Å²) in [4.78, 5) is 19.3. The van der Waals surface area contributed by atoms with Crippen LogP contribution in [0.1, 0.15) is 27.2 Å². The van der Waals surface area contributed by atoms with Crippen molar-refractivity contribution in [2.75, 3.05) is 20.8 Å². The number of hydrogen-bond acceptors (Lipinski definition) is 5. The van der Waals surface area contributed by atoms with Gasteiger partial charge in [0.25, 0.3) is 6.47 Å². The van der Waals surface area contributed by atoms with Crippen LogP contribution in [0.5, 0.6) is 0 Å². The molecule has 0 unspecified atom stereocenters. The lowest BCUT2D eigenvalue weighted by Crippen LogP contribution is -2.24. The molecule has 0 aliphatic heterocycles. The molecule has 0 aliphatic rings. The molecule has 0 aromatic heterocycles. The second-order valence-electron chi connectivity index (χ2n) is 3.39. The SMILES string of the molecule is COC(C)(C)CCOC(C)=O.COC=O. The molecular weight excluding hydrogens is 200 g/mol. The van der Waals surface area contributed by atoms with E-state index < -0.39 is 0 Å². The Bertz CT molecular complexity index is 177. The van der Waals surface area contributed by atoms with E-state index in [0.717, 1.165) is 6.42 Å². The summed E-state index contributed by atoms with van der Waals surface area (Å²) < 4.78 is 13.7. The van der Waals surface area contributed by atoms with Crippen molar-refractivity contribution >= 4 is 12.4 Å². The standard InChI is InChI=1S/C8H16O3.C2H4O2/c1-7(9)11-6-5-8(2,3)10-4;1-4-2-3/h5-6H2,1-4H3;2H,1H3. The average Bonchev–Trinajstić information content (AvgIpc) is 2.17. The molecule has 0 spiro atoms. The van der Waals surface area contributed by atoms with Crippen molar-refractivity contribution in [3.63, 3.8) is 0 Å². The first-order valence-electron chi connectivity index (χ1n) is 4.54. The first kappa shape index (κ1) is 16.3. The van der Waals surface area contributed by atoms with E-state index in [1.165, 1.54) is 14.0 Å². The highest BCUT2D eigenvalue weighted by Crippen LogP contribution is 2.12. The fourth-order valence-electron chi connectivity index (χ4n) is 0.543. The molecule has 0 saturated heterocycles. The molecular formula is C10H20O5. The van der Waals surface area contributed by atoms with Gasteiger partial charge in [-0.05, 0) is 13.8 Å². The van der Waals surface area contributed by atoms with Crippen LogP contribution in [0.2, 0.25) is 0 Å². The van der Waals surface area contributed by atoms with Gasteiger partial charge in [-0.3, -0.25) is 9.59 Å². The Hall–Kier alpha value is -1.10. The third-order valence-corrected chi connectivity index (χ3v) is 1.66. The topological polar surface area (TPSA) is 61.8 Å². The van der Waals surface area contributed by atoms with E-state index in [9.17, 15) is 4.79 Å². The molecule has 0 aliphatic carbocycles. The molecule has 0 saturated carbocycles. The van der Waals surface area contributed by atoms with E-state index in [1.54, 1.807) is 7.11 Å². The number of carbonyl (C=O) groups excluding carboxylic acids is 2. The summed E-state index contributed by atoms with van der Waals surface area (Å²) in [7, 11) is 2.96. The molecule has 0 aromatic carbocycles. The van der Waals surface area contributed by atoms with Gasteiger partial charge in [0, 0.05) is 20.5 Å². The molecule has 0 heterocycles. The fourth-order valence-corrected chi connectivity index (χ4v) is 0.543. The molecule has 5 nitrogen and oxygen atoms in total. The van der Waals surface area contributed by atoms with E-state index >= 15 is 0 Å². The zero-order valence-electron chi connectivity index (χ0n) is 10.0. The molecule has 0 atom stereocenters. The van der Waals surface area contributed by atoms with Gasteiger partial charge in [0.15, 0.2) is 0 Å². The summed E-state index contributed by atoms with van der Waals surface area (Å²) in [5.74, 6) is -0.239. The molecule has 0 amide bonds. The second-order valence-corrected chi connectivity index (χ2v) is 3.39. The van der Waals surface area contributed by atoms with Gasteiger partial charge in [0.2, 0.25) is 0 Å². The van der Waals surface area contributed by atoms with Crippen LogP contribution in [0.3, 0.4) is 0 Å². The molecule has 0 rings (SSSR count). The fraction of sp³-hybridized carbons (Fsp3) is 0.800. The Labute approximate surface area is 90.7 Å². The maximum Gasteiger partial charge on any atom is 0.302 e. The summed E-state index contributed by atoms with van der Waals surface area (Å²) in [5, 5.41) is 0. The molecule has 0 bridgehead atoms. The van der Waals surface area contributed by atoms with Crippen molar-refractivity contribution in [3.05, 3.63) is 0 Å². The largest absolute Gasteiger partial charge is 0.471 e. The Morgan fingerprint density at radius 1 is 1.33 bits per heavy atom. The average molecular weight is 220 g/mol. The van der Waals surface area contributed by atoms with Crippen molar-refractivity contribution in [1.29, 1.82) is 0 Å². The van der Waals surface area contributed by atoms with Gasteiger partial charge >= 0.3 is 5.97 Å². The van der Waals surface area contributed by atoms with Crippen molar-refractivity contribution in [1.82, 2.24) is 0 Å². The number of carbonyl (C=O) groups is 2. The summed E-state index contributed by atoms with van der Waals surface area (Å²) >= 11 is 0. The normalized spacial score (nSPS) is 9.67. The summed E-state index contributed by atoms with van der Waals surface area (Å²) in [5.41, 5.74) is -0.199.